The van der Waals surface area contributed by atoms with Crippen molar-refractivity contribution in [2.75, 3.05) is 0 Å². The average Bonchev–Trinajstić information content (AvgIpc) is 3.14. The maximum absolute atomic E-state index is 4.61. The molecule has 5 heteroatoms. The molecule has 0 atom stereocenters. The van der Waals surface area contributed by atoms with Gasteiger partial charge >= 0.3 is 0 Å². The lowest BCUT2D eigenvalue weighted by Gasteiger charge is -2.04. The van der Waals surface area contributed by atoms with Crippen LogP contribution in [0.25, 0.3) is 33.4 Å². The third kappa shape index (κ3) is 1.90. The van der Waals surface area contributed by atoms with E-state index in [9.17, 15) is 0 Å². The van der Waals surface area contributed by atoms with E-state index in [1.165, 1.54) is 0 Å². The quantitative estimate of drug-likeness (QED) is 0.611. The summed E-state index contributed by atoms with van der Waals surface area (Å²) < 4.78 is 1.84. The molecule has 0 aliphatic rings. The summed E-state index contributed by atoms with van der Waals surface area (Å²) in [4.78, 5) is 11.6. The van der Waals surface area contributed by atoms with Gasteiger partial charge in [-0.1, -0.05) is 0 Å². The zero-order valence-corrected chi connectivity index (χ0v) is 11.5. The van der Waals surface area contributed by atoms with Crippen LogP contribution in [-0.2, 0) is 7.05 Å². The van der Waals surface area contributed by atoms with Gasteiger partial charge in [0.1, 0.15) is 11.3 Å². The maximum Gasteiger partial charge on any atom is 0.137 e. The monoisotopic (exact) mass is 275 g/mol. The molecule has 4 aromatic rings. The fourth-order valence-corrected chi connectivity index (χ4v) is 2.60. The second-order valence-corrected chi connectivity index (χ2v) is 4.90. The average molecular weight is 275 g/mol. The number of aromatic nitrogens is 5. The number of hydrogen-bond donors (Lipinski definition) is 1. The van der Waals surface area contributed by atoms with Crippen LogP contribution in [0.15, 0.2) is 55.2 Å². The smallest absolute Gasteiger partial charge is 0.137 e. The van der Waals surface area contributed by atoms with Crippen molar-refractivity contribution in [1.82, 2.24) is 24.7 Å². The van der Waals surface area contributed by atoms with Gasteiger partial charge in [-0.25, -0.2) is 4.98 Å². The molecule has 0 fully saturated rings. The van der Waals surface area contributed by atoms with Crippen molar-refractivity contribution in [2.24, 2.45) is 7.05 Å². The Hall–Kier alpha value is -2.95. The first-order chi connectivity index (χ1) is 10.3. The minimum Gasteiger partial charge on any atom is -0.346 e. The molecule has 5 nitrogen and oxygen atoms in total. The van der Waals surface area contributed by atoms with Crippen molar-refractivity contribution in [1.29, 1.82) is 0 Å². The van der Waals surface area contributed by atoms with Gasteiger partial charge in [-0.15, -0.1) is 0 Å². The highest BCUT2D eigenvalue weighted by atomic mass is 15.3. The van der Waals surface area contributed by atoms with Gasteiger partial charge in [-0.3, -0.25) is 9.67 Å². The highest BCUT2D eigenvalue weighted by Crippen LogP contribution is 2.34. The predicted molar refractivity (Wildman–Crippen MR) is 81.5 cm³/mol. The van der Waals surface area contributed by atoms with E-state index in [1.54, 1.807) is 12.4 Å². The summed E-state index contributed by atoms with van der Waals surface area (Å²) in [5, 5.41) is 5.70. The van der Waals surface area contributed by atoms with E-state index >= 15 is 0 Å². The lowest BCUT2D eigenvalue weighted by Crippen LogP contribution is -1.88. The Morgan fingerprint density at radius 1 is 1.00 bits per heavy atom. The molecule has 0 amide bonds. The number of nitrogens with one attached hydrogen (secondary N) is 1. The van der Waals surface area contributed by atoms with Crippen LogP contribution in [-0.4, -0.2) is 24.7 Å². The summed E-state index contributed by atoms with van der Waals surface area (Å²) in [5.41, 5.74) is 5.11. The van der Waals surface area contributed by atoms with Crippen LogP contribution < -0.4 is 0 Å². The van der Waals surface area contributed by atoms with Crippen LogP contribution in [0, 0.1) is 0 Å². The summed E-state index contributed by atoms with van der Waals surface area (Å²) in [7, 11) is 1.93. The second-order valence-electron chi connectivity index (χ2n) is 4.90. The predicted octanol–water partition coefficient (Wildman–Crippen LogP) is 3.03. The Labute approximate surface area is 121 Å². The molecular formula is C16H13N5. The van der Waals surface area contributed by atoms with Gasteiger partial charge < -0.3 is 4.98 Å². The molecule has 4 heterocycles. The summed E-state index contributed by atoms with van der Waals surface area (Å²) in [5.74, 6) is 0. The highest BCUT2D eigenvalue weighted by molar-refractivity contribution is 5.96. The first kappa shape index (κ1) is 11.8. The fraction of sp³-hybridized carbons (Fsp3) is 0.0625. The SMILES string of the molecule is Cn1cc(-c2ccnc3[nH]ccc23)c(-c2ccncc2)n1. The Bertz CT molecular complexity index is 905. The minimum absolute atomic E-state index is 0.886. The van der Waals surface area contributed by atoms with Gasteiger partial charge in [0, 0.05) is 54.5 Å². The van der Waals surface area contributed by atoms with E-state index in [0.717, 1.165) is 33.4 Å². The standard InChI is InChI=1S/C16H13N5/c1-21-10-14(15(20-21)11-2-6-17-7-3-11)12-4-8-18-16-13(12)5-9-19-16/h2-10H,1H3,(H,18,19). The lowest BCUT2D eigenvalue weighted by atomic mass is 10.0. The molecule has 0 aromatic carbocycles. The number of aryl methyl sites for hydroxylation is 1. The van der Waals surface area contributed by atoms with Crippen molar-refractivity contribution in [3.63, 3.8) is 0 Å². The Morgan fingerprint density at radius 2 is 1.86 bits per heavy atom. The van der Waals surface area contributed by atoms with Crippen molar-refractivity contribution in [3.8, 4) is 22.4 Å². The van der Waals surface area contributed by atoms with E-state index in [-0.39, 0.29) is 0 Å². The van der Waals surface area contributed by atoms with Gasteiger partial charge in [0.15, 0.2) is 0 Å². The van der Waals surface area contributed by atoms with E-state index in [2.05, 4.69) is 20.1 Å². The van der Waals surface area contributed by atoms with E-state index < -0.39 is 0 Å². The van der Waals surface area contributed by atoms with Crippen LogP contribution in [0.2, 0.25) is 0 Å². The normalized spacial score (nSPS) is 11.1. The zero-order valence-electron chi connectivity index (χ0n) is 11.5. The first-order valence-corrected chi connectivity index (χ1v) is 6.69. The summed E-state index contributed by atoms with van der Waals surface area (Å²) in [6.07, 6.45) is 9.33. The number of nitrogens with zero attached hydrogens (tertiary/aromatic N) is 4. The number of rotatable bonds is 2. The third-order valence-corrected chi connectivity index (χ3v) is 3.53. The summed E-state index contributed by atoms with van der Waals surface area (Å²) in [6, 6.07) is 8.02. The van der Waals surface area contributed by atoms with Crippen LogP contribution in [0.3, 0.4) is 0 Å². The molecule has 4 rings (SSSR count). The van der Waals surface area contributed by atoms with Gasteiger partial charge in [-0.05, 0) is 29.8 Å². The molecule has 1 N–H and O–H groups in total. The molecule has 0 radical (unpaired) electrons. The van der Waals surface area contributed by atoms with Gasteiger partial charge in [0.25, 0.3) is 0 Å². The molecule has 0 aliphatic carbocycles. The second kappa shape index (κ2) is 4.56. The summed E-state index contributed by atoms with van der Waals surface area (Å²) in [6.45, 7) is 0. The van der Waals surface area contributed by atoms with Crippen molar-refractivity contribution in [3.05, 3.63) is 55.2 Å². The molecule has 0 spiro atoms. The van der Waals surface area contributed by atoms with Gasteiger partial charge in [0.2, 0.25) is 0 Å². The molecule has 4 aromatic heterocycles. The van der Waals surface area contributed by atoms with Crippen LogP contribution >= 0.6 is 0 Å². The van der Waals surface area contributed by atoms with E-state index in [1.807, 2.05) is 54.6 Å². The number of pyridine rings is 2. The molecule has 0 unspecified atom stereocenters. The number of H-pyrrole nitrogens is 1. The van der Waals surface area contributed by atoms with E-state index in [0.29, 0.717) is 0 Å². The highest BCUT2D eigenvalue weighted by Gasteiger charge is 2.14. The van der Waals surface area contributed by atoms with Crippen molar-refractivity contribution in [2.45, 2.75) is 0 Å². The molecular weight excluding hydrogens is 262 g/mol. The Balaban J connectivity index is 2.00. The fourth-order valence-electron chi connectivity index (χ4n) is 2.60. The van der Waals surface area contributed by atoms with Crippen LogP contribution in [0.1, 0.15) is 0 Å². The third-order valence-electron chi connectivity index (χ3n) is 3.53. The van der Waals surface area contributed by atoms with Crippen LogP contribution in [0.4, 0.5) is 0 Å². The summed E-state index contributed by atoms with van der Waals surface area (Å²) >= 11 is 0. The van der Waals surface area contributed by atoms with E-state index in [4.69, 9.17) is 0 Å². The van der Waals surface area contributed by atoms with Crippen LogP contribution in [0.5, 0.6) is 0 Å². The first-order valence-electron chi connectivity index (χ1n) is 6.69. The van der Waals surface area contributed by atoms with Gasteiger partial charge in [-0.2, -0.15) is 5.10 Å². The molecule has 0 saturated carbocycles. The lowest BCUT2D eigenvalue weighted by molar-refractivity contribution is 0.771. The zero-order chi connectivity index (χ0) is 14.2. The Kier molecular flexibility index (Phi) is 2.57. The van der Waals surface area contributed by atoms with Crippen molar-refractivity contribution >= 4 is 11.0 Å². The largest absolute Gasteiger partial charge is 0.346 e. The number of fused-ring (bicyclic) bond motifs is 1. The molecule has 0 bridgehead atoms. The molecule has 102 valence electrons. The van der Waals surface area contributed by atoms with Crippen molar-refractivity contribution < 1.29 is 0 Å². The molecule has 21 heavy (non-hydrogen) atoms. The molecule has 0 saturated heterocycles. The molecule has 0 aliphatic heterocycles. The topological polar surface area (TPSA) is 59.4 Å². The minimum atomic E-state index is 0.886. The number of aromatic amines is 1. The maximum atomic E-state index is 4.61. The number of hydrogen-bond acceptors (Lipinski definition) is 3. The van der Waals surface area contributed by atoms with Gasteiger partial charge in [0.05, 0.1) is 0 Å². The Morgan fingerprint density at radius 3 is 2.71 bits per heavy atom.